The Kier molecular flexibility index (Phi) is 4.75. The van der Waals surface area contributed by atoms with E-state index in [0.717, 1.165) is 11.5 Å². The Morgan fingerprint density at radius 1 is 1.06 bits per heavy atom. The molecule has 3 aliphatic heterocycles. The van der Waals surface area contributed by atoms with Gasteiger partial charge in [0.15, 0.2) is 18.7 Å². The molecule has 0 amide bonds. The zero-order valence-corrected chi connectivity index (χ0v) is 19.0. The van der Waals surface area contributed by atoms with Crippen molar-refractivity contribution < 1.29 is 28.5 Å². The van der Waals surface area contributed by atoms with Crippen molar-refractivity contribution in [2.45, 2.75) is 68.8 Å². The summed E-state index contributed by atoms with van der Waals surface area (Å²) in [5.41, 5.74) is 0.985. The first-order chi connectivity index (χ1) is 16.2. The summed E-state index contributed by atoms with van der Waals surface area (Å²) in [6.07, 6.45) is 5.18. The summed E-state index contributed by atoms with van der Waals surface area (Å²) in [4.78, 5) is 14.7. The molecule has 3 aliphatic carbocycles. The average molecular weight is 454 g/mol. The van der Waals surface area contributed by atoms with Crippen molar-refractivity contribution in [2.75, 3.05) is 13.7 Å². The van der Waals surface area contributed by atoms with Crippen molar-refractivity contribution in [1.29, 1.82) is 0 Å². The molecule has 7 nitrogen and oxygen atoms in total. The number of rotatable bonds is 4. The van der Waals surface area contributed by atoms with Crippen LogP contribution in [0.3, 0.4) is 0 Å². The van der Waals surface area contributed by atoms with Gasteiger partial charge in [-0.25, -0.2) is 0 Å². The van der Waals surface area contributed by atoms with Crippen LogP contribution in [0.5, 0.6) is 0 Å². The first kappa shape index (κ1) is 20.6. The second-order valence-electron chi connectivity index (χ2n) is 10.4. The van der Waals surface area contributed by atoms with Gasteiger partial charge in [-0.2, -0.15) is 0 Å². The molecule has 1 unspecified atom stereocenters. The quantitative estimate of drug-likeness (QED) is 0.395. The van der Waals surface area contributed by atoms with Crippen molar-refractivity contribution in [1.82, 2.24) is 4.90 Å². The molecule has 0 spiro atoms. The number of benzene rings is 1. The van der Waals surface area contributed by atoms with Crippen molar-refractivity contribution in [3.63, 3.8) is 0 Å². The number of nitrogens with zero attached hydrogens (tertiary/aromatic N) is 1. The van der Waals surface area contributed by atoms with Gasteiger partial charge in [0.25, 0.3) is 0 Å². The normalized spacial score (nSPS) is 51.0. The van der Waals surface area contributed by atoms with E-state index < -0.39 is 18.7 Å². The third-order valence-electron chi connectivity index (χ3n) is 8.94. The fourth-order valence-electron chi connectivity index (χ4n) is 7.84. The molecule has 6 aliphatic rings. The fraction of sp³-hybridized carbons (Fsp3) is 0.654. The maximum atomic E-state index is 12.1. The second-order valence-corrected chi connectivity index (χ2v) is 10.4. The van der Waals surface area contributed by atoms with Gasteiger partial charge in [-0.3, -0.25) is 9.69 Å². The van der Waals surface area contributed by atoms with Gasteiger partial charge < -0.3 is 23.7 Å². The summed E-state index contributed by atoms with van der Waals surface area (Å²) in [5, 5.41) is 0. The Balaban J connectivity index is 1.22. The standard InChI is InChI=1S/C26H31NO6/c1-13(28)31-24-22(27-20-17-11-18(21(20)27)16-10-6-9-15(16)17)23-19(32-26(24)29-2)12-30-25(33-23)14-7-4-3-5-8-14/h3-9,15-26H,10-12H2,1-2H3/t15-,16-,17+,18+,19-,20-,21-,22-,23-,24+,25+,26+,27?/m1/s1. The third kappa shape index (κ3) is 3.03. The molecule has 5 fully saturated rings. The van der Waals surface area contributed by atoms with Crippen LogP contribution in [0.2, 0.25) is 0 Å². The summed E-state index contributed by atoms with van der Waals surface area (Å²) < 4.78 is 30.5. The van der Waals surface area contributed by atoms with Gasteiger partial charge in [-0.05, 0) is 36.5 Å². The number of carbonyl (C=O) groups is 1. The van der Waals surface area contributed by atoms with Gasteiger partial charge in [-0.1, -0.05) is 42.5 Å². The van der Waals surface area contributed by atoms with E-state index in [-0.39, 0.29) is 24.2 Å². The molecule has 7 rings (SSSR count). The maximum absolute atomic E-state index is 12.1. The van der Waals surface area contributed by atoms with Crippen LogP contribution < -0.4 is 0 Å². The minimum Gasteiger partial charge on any atom is -0.455 e. The van der Waals surface area contributed by atoms with Crippen LogP contribution in [-0.2, 0) is 28.5 Å². The predicted molar refractivity (Wildman–Crippen MR) is 117 cm³/mol. The second kappa shape index (κ2) is 7.62. The highest BCUT2D eigenvalue weighted by Crippen LogP contribution is 2.67. The Hall–Kier alpha value is -1.77. The van der Waals surface area contributed by atoms with Gasteiger partial charge in [0, 0.05) is 31.7 Å². The Morgan fingerprint density at radius 3 is 2.67 bits per heavy atom. The third-order valence-corrected chi connectivity index (χ3v) is 8.94. The van der Waals surface area contributed by atoms with Gasteiger partial charge in [0.05, 0.1) is 12.6 Å². The van der Waals surface area contributed by atoms with E-state index in [1.54, 1.807) is 7.11 Å². The molecule has 13 atom stereocenters. The van der Waals surface area contributed by atoms with E-state index in [1.807, 2.05) is 30.3 Å². The van der Waals surface area contributed by atoms with E-state index in [4.69, 9.17) is 23.7 Å². The minimum atomic E-state index is -0.640. The largest absolute Gasteiger partial charge is 0.455 e. The van der Waals surface area contributed by atoms with Crippen molar-refractivity contribution >= 4 is 5.97 Å². The highest BCUT2D eigenvalue weighted by atomic mass is 16.8. The molecule has 1 aromatic carbocycles. The van der Waals surface area contributed by atoms with Crippen LogP contribution in [0.4, 0.5) is 0 Å². The lowest BCUT2D eigenvalue weighted by atomic mass is 9.82. The van der Waals surface area contributed by atoms with Crippen LogP contribution >= 0.6 is 0 Å². The molecule has 0 N–H and O–H groups in total. The number of likely N-dealkylation sites (tertiary alicyclic amines) is 1. The fourth-order valence-corrected chi connectivity index (χ4v) is 7.84. The van der Waals surface area contributed by atoms with Gasteiger partial charge in [0.2, 0.25) is 0 Å². The molecule has 7 heteroatoms. The number of carbonyl (C=O) groups excluding carboxylic acids is 1. The van der Waals surface area contributed by atoms with E-state index in [9.17, 15) is 4.79 Å². The van der Waals surface area contributed by atoms with Gasteiger partial charge >= 0.3 is 5.97 Å². The first-order valence-corrected chi connectivity index (χ1v) is 12.3. The summed E-state index contributed by atoms with van der Waals surface area (Å²) in [6, 6.07) is 11.0. The molecular weight excluding hydrogens is 422 g/mol. The first-order valence-electron chi connectivity index (χ1n) is 12.3. The summed E-state index contributed by atoms with van der Waals surface area (Å²) >= 11 is 0. The Labute approximate surface area is 193 Å². The number of hydrogen-bond acceptors (Lipinski definition) is 7. The predicted octanol–water partition coefficient (Wildman–Crippen LogP) is 2.67. The van der Waals surface area contributed by atoms with E-state index in [2.05, 4.69) is 17.1 Å². The Bertz CT molecular complexity index is 953. The van der Waals surface area contributed by atoms with Crippen molar-refractivity contribution in [2.24, 2.45) is 23.7 Å². The van der Waals surface area contributed by atoms with E-state index in [0.29, 0.717) is 36.4 Å². The van der Waals surface area contributed by atoms with Crippen LogP contribution in [-0.4, -0.2) is 67.3 Å². The number of methoxy groups -OCH3 is 1. The number of fused-ring (bicyclic) bond motifs is 9. The number of hydrogen-bond donors (Lipinski definition) is 0. The molecule has 2 saturated carbocycles. The zero-order chi connectivity index (χ0) is 22.3. The summed E-state index contributed by atoms with van der Waals surface area (Å²) in [7, 11) is 1.61. The van der Waals surface area contributed by atoms with E-state index >= 15 is 0 Å². The molecular formula is C26H31NO6. The molecule has 3 heterocycles. The Morgan fingerprint density at radius 2 is 1.88 bits per heavy atom. The molecule has 176 valence electrons. The van der Waals surface area contributed by atoms with Crippen molar-refractivity contribution in [3.05, 3.63) is 48.0 Å². The zero-order valence-electron chi connectivity index (χ0n) is 19.0. The molecule has 33 heavy (non-hydrogen) atoms. The summed E-state index contributed by atoms with van der Waals surface area (Å²) in [5.74, 6) is 2.55. The lowest BCUT2D eigenvalue weighted by Gasteiger charge is -2.49. The highest BCUT2D eigenvalue weighted by Gasteiger charge is 2.74. The molecule has 0 radical (unpaired) electrons. The lowest BCUT2D eigenvalue weighted by Crippen LogP contribution is -2.66. The highest BCUT2D eigenvalue weighted by molar-refractivity contribution is 5.66. The van der Waals surface area contributed by atoms with Crippen LogP contribution in [0.15, 0.2) is 42.5 Å². The summed E-state index contributed by atoms with van der Waals surface area (Å²) in [6.45, 7) is 1.87. The maximum Gasteiger partial charge on any atom is 0.303 e. The van der Waals surface area contributed by atoms with Crippen LogP contribution in [0.25, 0.3) is 0 Å². The molecule has 1 aromatic rings. The van der Waals surface area contributed by atoms with E-state index in [1.165, 1.54) is 19.8 Å². The molecule has 0 aromatic heterocycles. The van der Waals surface area contributed by atoms with Crippen molar-refractivity contribution in [3.8, 4) is 0 Å². The molecule has 3 saturated heterocycles. The van der Waals surface area contributed by atoms with Crippen LogP contribution in [0, 0.1) is 23.7 Å². The number of allylic oxidation sites excluding steroid dienone is 2. The SMILES string of the molecule is CO[C@H]1O[C@@H]2CO[C@H](c3ccccc3)O[C@H]2[C@@H](N2[C@@H]3[C@H]4C[C@@H]([C@@H]5CC=C[C@H]54)[C@H]32)[C@@H]1OC(C)=O. The number of esters is 1. The monoisotopic (exact) mass is 453 g/mol. The minimum absolute atomic E-state index is 0.115. The van der Waals surface area contributed by atoms with Gasteiger partial charge in [0.1, 0.15) is 12.2 Å². The topological polar surface area (TPSA) is 66.2 Å². The molecule has 2 bridgehead atoms. The average Bonchev–Trinajstić information content (AvgIpc) is 3.15. The number of ether oxygens (including phenoxy) is 5. The van der Waals surface area contributed by atoms with Gasteiger partial charge in [-0.15, -0.1) is 0 Å². The smallest absolute Gasteiger partial charge is 0.303 e. The number of piperidine rings is 1. The van der Waals surface area contributed by atoms with Crippen LogP contribution in [0.1, 0.15) is 31.6 Å². The lowest BCUT2D eigenvalue weighted by molar-refractivity contribution is -0.347.